The number of rotatable bonds is 7. The molecular formula is C21H24N6O2. The normalized spacial score (nSPS) is 12.0. The number of benzene rings is 1. The number of ether oxygens (including phenoxy) is 2. The van der Waals surface area contributed by atoms with E-state index in [2.05, 4.69) is 4.98 Å². The summed E-state index contributed by atoms with van der Waals surface area (Å²) in [5, 5.41) is 17.8. The predicted octanol–water partition coefficient (Wildman–Crippen LogP) is 2.43. The van der Waals surface area contributed by atoms with Crippen molar-refractivity contribution in [2.75, 3.05) is 19.5 Å². The predicted molar refractivity (Wildman–Crippen MR) is 113 cm³/mol. The molecule has 150 valence electrons. The quantitative estimate of drug-likeness (QED) is 0.320. The summed E-state index contributed by atoms with van der Waals surface area (Å²) in [5.74, 6) is 0.721. The van der Waals surface area contributed by atoms with Gasteiger partial charge in [0.15, 0.2) is 0 Å². The Hall–Kier alpha value is -3.99. The molecule has 0 atom stereocenters. The number of methoxy groups -OCH3 is 1. The van der Waals surface area contributed by atoms with Crippen LogP contribution in [-0.4, -0.2) is 24.4 Å². The van der Waals surface area contributed by atoms with Gasteiger partial charge < -0.3 is 26.7 Å². The van der Waals surface area contributed by atoms with Crippen molar-refractivity contribution in [3.05, 3.63) is 70.2 Å². The number of hydrogen-bond acceptors (Lipinski definition) is 8. The second-order valence-electron chi connectivity index (χ2n) is 6.32. The molecule has 1 aromatic heterocycles. The minimum absolute atomic E-state index is 0.114. The zero-order valence-corrected chi connectivity index (χ0v) is 16.6. The number of nitrogens with two attached hydrogens (primary N) is 3. The van der Waals surface area contributed by atoms with Gasteiger partial charge in [-0.25, -0.2) is 4.98 Å². The van der Waals surface area contributed by atoms with Crippen LogP contribution in [0.15, 0.2) is 53.5 Å². The maximum absolute atomic E-state index is 9.24. The van der Waals surface area contributed by atoms with E-state index in [1.165, 1.54) is 25.6 Å². The van der Waals surface area contributed by atoms with E-state index in [9.17, 15) is 5.26 Å². The molecule has 8 heteroatoms. The van der Waals surface area contributed by atoms with Crippen molar-refractivity contribution in [3.8, 4) is 17.7 Å². The van der Waals surface area contributed by atoms with Crippen LogP contribution >= 0.6 is 0 Å². The van der Waals surface area contributed by atoms with E-state index in [-0.39, 0.29) is 23.8 Å². The number of nitriles is 1. The van der Waals surface area contributed by atoms with Crippen LogP contribution in [-0.2, 0) is 0 Å². The van der Waals surface area contributed by atoms with Crippen LogP contribution in [0.2, 0.25) is 0 Å². The van der Waals surface area contributed by atoms with E-state index in [0.717, 1.165) is 11.1 Å². The van der Waals surface area contributed by atoms with Crippen LogP contribution < -0.4 is 26.7 Å². The number of nitrogen functional groups attached to an aromatic ring is 1. The average Bonchev–Trinajstić information content (AvgIpc) is 2.73. The molecule has 7 N–H and O–H groups in total. The Morgan fingerprint density at radius 2 is 2.03 bits per heavy atom. The number of anilines is 1. The van der Waals surface area contributed by atoms with Gasteiger partial charge in [-0.1, -0.05) is 0 Å². The zero-order chi connectivity index (χ0) is 21.6. The standard InChI is InChI=1S/C21H24N6O2/c1-12(8-22)18(13(2)24)11-29-16-4-5-19(25)17(7-16)20(26)15-6-14(9-23)21(28-3)27-10-15/h4-8,10,26H,11,22,24-25H2,1-3H3/b12-8-,18-13-,26-20?. The number of aromatic nitrogens is 1. The van der Waals surface area contributed by atoms with Crippen molar-refractivity contribution >= 4 is 11.4 Å². The third-order valence-electron chi connectivity index (χ3n) is 4.33. The van der Waals surface area contributed by atoms with E-state index in [4.69, 9.17) is 32.1 Å². The van der Waals surface area contributed by atoms with Crippen LogP contribution in [0.1, 0.15) is 30.5 Å². The summed E-state index contributed by atoms with van der Waals surface area (Å²) >= 11 is 0. The van der Waals surface area contributed by atoms with E-state index in [0.29, 0.717) is 28.3 Å². The maximum atomic E-state index is 9.24. The first kappa shape index (κ1) is 21.3. The topological polar surface area (TPSA) is 157 Å². The van der Waals surface area contributed by atoms with Crippen LogP contribution in [0.5, 0.6) is 11.6 Å². The molecule has 1 aromatic carbocycles. The Labute approximate surface area is 169 Å². The number of nitrogens with zero attached hydrogens (tertiary/aromatic N) is 2. The van der Waals surface area contributed by atoms with Crippen LogP contribution in [0, 0.1) is 16.7 Å². The van der Waals surface area contributed by atoms with E-state index in [1.807, 2.05) is 13.0 Å². The molecule has 0 saturated heterocycles. The van der Waals surface area contributed by atoms with E-state index in [1.54, 1.807) is 25.1 Å². The first-order chi connectivity index (χ1) is 13.8. The Kier molecular flexibility index (Phi) is 6.82. The van der Waals surface area contributed by atoms with Gasteiger partial charge in [-0.05, 0) is 49.9 Å². The van der Waals surface area contributed by atoms with Crippen molar-refractivity contribution in [2.45, 2.75) is 13.8 Å². The number of allylic oxidation sites excluding steroid dienone is 1. The first-order valence-electron chi connectivity index (χ1n) is 8.72. The van der Waals surface area contributed by atoms with Crippen molar-refractivity contribution < 1.29 is 9.47 Å². The second-order valence-corrected chi connectivity index (χ2v) is 6.32. The van der Waals surface area contributed by atoms with Gasteiger partial charge in [0.25, 0.3) is 0 Å². The highest BCUT2D eigenvalue weighted by Crippen LogP contribution is 2.25. The fourth-order valence-corrected chi connectivity index (χ4v) is 2.62. The van der Waals surface area contributed by atoms with Gasteiger partial charge >= 0.3 is 0 Å². The summed E-state index contributed by atoms with van der Waals surface area (Å²) < 4.78 is 10.9. The van der Waals surface area contributed by atoms with Crippen LogP contribution in [0.3, 0.4) is 0 Å². The monoisotopic (exact) mass is 392 g/mol. The van der Waals surface area contributed by atoms with Crippen molar-refractivity contribution in [3.63, 3.8) is 0 Å². The highest BCUT2D eigenvalue weighted by Gasteiger charge is 2.14. The largest absolute Gasteiger partial charge is 0.489 e. The van der Waals surface area contributed by atoms with Gasteiger partial charge in [-0.2, -0.15) is 5.26 Å². The first-order valence-corrected chi connectivity index (χ1v) is 8.72. The molecule has 0 saturated carbocycles. The molecule has 2 rings (SSSR count). The van der Waals surface area contributed by atoms with Crippen molar-refractivity contribution in [2.24, 2.45) is 11.5 Å². The Morgan fingerprint density at radius 1 is 1.31 bits per heavy atom. The molecule has 0 fully saturated rings. The summed E-state index contributed by atoms with van der Waals surface area (Å²) in [6.45, 7) is 3.85. The lowest BCUT2D eigenvalue weighted by Crippen LogP contribution is -2.11. The summed E-state index contributed by atoms with van der Waals surface area (Å²) in [6, 6.07) is 8.58. The minimum Gasteiger partial charge on any atom is -0.489 e. The van der Waals surface area contributed by atoms with Crippen molar-refractivity contribution in [1.82, 2.24) is 4.98 Å². The fraction of sp³-hybridized carbons (Fsp3) is 0.190. The lowest BCUT2D eigenvalue weighted by molar-refractivity contribution is 0.352. The van der Waals surface area contributed by atoms with Gasteiger partial charge in [0, 0.05) is 34.3 Å². The third-order valence-corrected chi connectivity index (χ3v) is 4.33. The molecular weight excluding hydrogens is 368 g/mol. The molecule has 0 aliphatic carbocycles. The summed E-state index contributed by atoms with van der Waals surface area (Å²) in [6.07, 6.45) is 2.94. The molecule has 0 radical (unpaired) electrons. The maximum Gasteiger partial charge on any atom is 0.231 e. The average molecular weight is 392 g/mol. The number of hydrogen-bond donors (Lipinski definition) is 4. The Morgan fingerprint density at radius 3 is 2.62 bits per heavy atom. The summed E-state index contributed by atoms with van der Waals surface area (Å²) in [4.78, 5) is 4.08. The number of nitrogens with one attached hydrogen (secondary N) is 1. The van der Waals surface area contributed by atoms with Crippen molar-refractivity contribution in [1.29, 1.82) is 10.7 Å². The van der Waals surface area contributed by atoms with Gasteiger partial charge in [-0.3, -0.25) is 5.41 Å². The van der Waals surface area contributed by atoms with E-state index >= 15 is 0 Å². The minimum atomic E-state index is 0.114. The zero-order valence-electron chi connectivity index (χ0n) is 16.6. The molecule has 0 aliphatic heterocycles. The number of pyridine rings is 1. The lowest BCUT2D eigenvalue weighted by Gasteiger charge is -2.14. The Balaban J connectivity index is 2.33. The summed E-state index contributed by atoms with van der Waals surface area (Å²) in [7, 11) is 1.43. The smallest absolute Gasteiger partial charge is 0.231 e. The highest BCUT2D eigenvalue weighted by atomic mass is 16.5. The van der Waals surface area contributed by atoms with Crippen LogP contribution in [0.4, 0.5) is 5.69 Å². The fourth-order valence-electron chi connectivity index (χ4n) is 2.62. The molecule has 29 heavy (non-hydrogen) atoms. The Bertz CT molecular complexity index is 1030. The molecule has 8 nitrogen and oxygen atoms in total. The van der Waals surface area contributed by atoms with Gasteiger partial charge in [0.1, 0.15) is 24.0 Å². The molecule has 0 bridgehead atoms. The van der Waals surface area contributed by atoms with Gasteiger partial charge in [-0.15, -0.1) is 0 Å². The molecule has 0 aliphatic rings. The van der Waals surface area contributed by atoms with E-state index < -0.39 is 0 Å². The molecule has 0 amide bonds. The molecule has 2 aromatic rings. The van der Waals surface area contributed by atoms with Crippen LogP contribution in [0.25, 0.3) is 0 Å². The summed E-state index contributed by atoms with van der Waals surface area (Å²) in [5.41, 5.74) is 21.4. The van der Waals surface area contributed by atoms with Gasteiger partial charge in [0.2, 0.25) is 5.88 Å². The molecule has 0 unspecified atom stereocenters. The lowest BCUT2D eigenvalue weighted by atomic mass is 10.0. The van der Waals surface area contributed by atoms with Gasteiger partial charge in [0.05, 0.1) is 12.8 Å². The SMILES string of the molecule is COc1ncc(C(=N)c2cc(OCC(/C(C)=C\N)=C(\C)N)ccc2N)cc1C#N. The third kappa shape index (κ3) is 4.84. The molecule has 1 heterocycles. The highest BCUT2D eigenvalue weighted by molar-refractivity contribution is 6.14. The molecule has 0 spiro atoms. The second kappa shape index (κ2) is 9.28.